The standard InChI is InChI=1S/C12H13NO3/c1-14-9-4-2-3-8(5-9)10-6-11(16-13-10)12-7-15-12/h2-5,11-12H,6-7H2,1H3/t11-,12+/m1/s1. The molecule has 0 aromatic heterocycles. The van der Waals surface area contributed by atoms with Crippen molar-refractivity contribution in [1.82, 2.24) is 0 Å². The maximum absolute atomic E-state index is 5.34. The minimum absolute atomic E-state index is 0.0983. The van der Waals surface area contributed by atoms with E-state index in [1.54, 1.807) is 7.11 Å². The molecule has 4 nitrogen and oxygen atoms in total. The van der Waals surface area contributed by atoms with Crippen LogP contribution in [-0.4, -0.2) is 31.6 Å². The van der Waals surface area contributed by atoms with Crippen LogP contribution in [0.4, 0.5) is 0 Å². The number of hydrogen-bond acceptors (Lipinski definition) is 4. The Labute approximate surface area is 93.8 Å². The second kappa shape index (κ2) is 3.79. The van der Waals surface area contributed by atoms with Crippen molar-refractivity contribution < 1.29 is 14.3 Å². The molecular weight excluding hydrogens is 206 g/mol. The predicted molar refractivity (Wildman–Crippen MR) is 58.8 cm³/mol. The molecular formula is C12H13NO3. The van der Waals surface area contributed by atoms with Gasteiger partial charge < -0.3 is 14.3 Å². The van der Waals surface area contributed by atoms with Gasteiger partial charge in [0.05, 0.1) is 19.4 Å². The van der Waals surface area contributed by atoms with Gasteiger partial charge in [0.15, 0.2) is 6.10 Å². The van der Waals surface area contributed by atoms with Crippen LogP contribution in [0.2, 0.25) is 0 Å². The first kappa shape index (κ1) is 9.66. The molecule has 2 heterocycles. The fourth-order valence-electron chi connectivity index (χ4n) is 1.84. The van der Waals surface area contributed by atoms with Crippen LogP contribution in [0.1, 0.15) is 12.0 Å². The molecule has 0 bridgehead atoms. The van der Waals surface area contributed by atoms with E-state index in [-0.39, 0.29) is 12.2 Å². The van der Waals surface area contributed by atoms with E-state index in [2.05, 4.69) is 5.16 Å². The molecule has 1 aromatic rings. The molecule has 3 rings (SSSR count). The van der Waals surface area contributed by atoms with Gasteiger partial charge in [-0.3, -0.25) is 0 Å². The summed E-state index contributed by atoms with van der Waals surface area (Å²) in [4.78, 5) is 5.34. The summed E-state index contributed by atoms with van der Waals surface area (Å²) in [5, 5.41) is 4.11. The largest absolute Gasteiger partial charge is 0.497 e. The van der Waals surface area contributed by atoms with Crippen LogP contribution in [0.25, 0.3) is 0 Å². The Morgan fingerprint density at radius 2 is 2.25 bits per heavy atom. The molecule has 1 fully saturated rings. The second-order valence-corrected chi connectivity index (χ2v) is 3.99. The van der Waals surface area contributed by atoms with Crippen molar-refractivity contribution in [3.05, 3.63) is 29.8 Å². The Morgan fingerprint density at radius 1 is 1.38 bits per heavy atom. The lowest BCUT2D eigenvalue weighted by atomic mass is 10.0. The first-order valence-electron chi connectivity index (χ1n) is 5.35. The molecule has 0 amide bonds. The van der Waals surface area contributed by atoms with Gasteiger partial charge in [0.2, 0.25) is 0 Å². The Kier molecular flexibility index (Phi) is 2.29. The summed E-state index contributed by atoms with van der Waals surface area (Å²) in [6, 6.07) is 7.86. The molecule has 4 heteroatoms. The molecule has 2 aliphatic heterocycles. The van der Waals surface area contributed by atoms with Gasteiger partial charge in [-0.05, 0) is 12.1 Å². The van der Waals surface area contributed by atoms with Crippen molar-refractivity contribution in [3.8, 4) is 5.75 Å². The van der Waals surface area contributed by atoms with E-state index in [0.717, 1.165) is 30.1 Å². The third-order valence-electron chi connectivity index (χ3n) is 2.87. The fourth-order valence-corrected chi connectivity index (χ4v) is 1.84. The van der Waals surface area contributed by atoms with E-state index in [1.807, 2.05) is 24.3 Å². The highest BCUT2D eigenvalue weighted by Crippen LogP contribution is 2.27. The highest BCUT2D eigenvalue weighted by Gasteiger charge is 2.38. The zero-order valence-corrected chi connectivity index (χ0v) is 9.05. The third kappa shape index (κ3) is 1.76. The van der Waals surface area contributed by atoms with Crippen molar-refractivity contribution in [1.29, 1.82) is 0 Å². The smallest absolute Gasteiger partial charge is 0.161 e. The van der Waals surface area contributed by atoms with Crippen LogP contribution in [0.5, 0.6) is 5.75 Å². The Morgan fingerprint density at radius 3 is 3.00 bits per heavy atom. The van der Waals surface area contributed by atoms with Gasteiger partial charge in [-0.1, -0.05) is 17.3 Å². The zero-order chi connectivity index (χ0) is 11.0. The SMILES string of the molecule is COc1cccc(C2=NO[C@@H]([C@@H]3CO3)C2)c1. The molecule has 2 aliphatic rings. The van der Waals surface area contributed by atoms with E-state index >= 15 is 0 Å². The minimum Gasteiger partial charge on any atom is -0.497 e. The maximum Gasteiger partial charge on any atom is 0.161 e. The van der Waals surface area contributed by atoms with Crippen LogP contribution in [0.15, 0.2) is 29.4 Å². The summed E-state index contributed by atoms with van der Waals surface area (Å²) in [6.07, 6.45) is 1.16. The first-order chi connectivity index (χ1) is 7.86. The summed E-state index contributed by atoms with van der Waals surface area (Å²) in [5.74, 6) is 0.839. The number of benzene rings is 1. The topological polar surface area (TPSA) is 43.4 Å². The summed E-state index contributed by atoms with van der Waals surface area (Å²) < 4.78 is 10.4. The van der Waals surface area contributed by atoms with Gasteiger partial charge in [-0.2, -0.15) is 0 Å². The number of nitrogens with zero attached hydrogens (tertiary/aromatic N) is 1. The molecule has 1 aromatic carbocycles. The molecule has 16 heavy (non-hydrogen) atoms. The van der Waals surface area contributed by atoms with E-state index in [1.165, 1.54) is 0 Å². The number of oxime groups is 1. The molecule has 0 spiro atoms. The predicted octanol–water partition coefficient (Wildman–Crippen LogP) is 1.59. The van der Waals surface area contributed by atoms with Gasteiger partial charge in [0.25, 0.3) is 0 Å². The van der Waals surface area contributed by atoms with Crippen LogP contribution in [-0.2, 0) is 9.57 Å². The van der Waals surface area contributed by atoms with Crippen molar-refractivity contribution in [2.45, 2.75) is 18.6 Å². The number of ether oxygens (including phenoxy) is 2. The first-order valence-corrected chi connectivity index (χ1v) is 5.35. The average molecular weight is 219 g/mol. The Hall–Kier alpha value is -1.55. The normalized spacial score (nSPS) is 27.2. The average Bonchev–Trinajstić information content (AvgIpc) is 3.07. The number of hydrogen-bond donors (Lipinski definition) is 0. The van der Waals surface area contributed by atoms with Gasteiger partial charge >= 0.3 is 0 Å². The molecule has 84 valence electrons. The van der Waals surface area contributed by atoms with Crippen LogP contribution < -0.4 is 4.74 Å². The zero-order valence-electron chi connectivity index (χ0n) is 9.05. The second-order valence-electron chi connectivity index (χ2n) is 3.99. The van der Waals surface area contributed by atoms with Gasteiger partial charge in [0, 0.05) is 12.0 Å². The fraction of sp³-hybridized carbons (Fsp3) is 0.417. The summed E-state index contributed by atoms with van der Waals surface area (Å²) in [5.41, 5.74) is 2.03. The van der Waals surface area contributed by atoms with E-state index in [4.69, 9.17) is 14.3 Å². The summed E-state index contributed by atoms with van der Waals surface area (Å²) in [7, 11) is 1.66. The van der Waals surface area contributed by atoms with Gasteiger partial charge in [0.1, 0.15) is 11.9 Å². The molecule has 0 N–H and O–H groups in total. The lowest BCUT2D eigenvalue weighted by Crippen LogP contribution is -2.15. The summed E-state index contributed by atoms with van der Waals surface area (Å²) in [6.45, 7) is 0.797. The maximum atomic E-state index is 5.34. The third-order valence-corrected chi connectivity index (χ3v) is 2.87. The molecule has 2 atom stereocenters. The minimum atomic E-state index is 0.0983. The lowest BCUT2D eigenvalue weighted by molar-refractivity contribution is 0.0627. The van der Waals surface area contributed by atoms with Crippen molar-refractivity contribution in [3.63, 3.8) is 0 Å². The van der Waals surface area contributed by atoms with Gasteiger partial charge in [-0.15, -0.1) is 0 Å². The van der Waals surface area contributed by atoms with E-state index in [9.17, 15) is 0 Å². The highest BCUT2D eigenvalue weighted by atomic mass is 16.7. The van der Waals surface area contributed by atoms with Crippen molar-refractivity contribution in [2.24, 2.45) is 5.16 Å². The van der Waals surface area contributed by atoms with Crippen LogP contribution >= 0.6 is 0 Å². The van der Waals surface area contributed by atoms with Crippen molar-refractivity contribution in [2.75, 3.05) is 13.7 Å². The molecule has 0 unspecified atom stereocenters. The monoisotopic (exact) mass is 219 g/mol. The molecule has 0 radical (unpaired) electrons. The van der Waals surface area contributed by atoms with Gasteiger partial charge in [-0.25, -0.2) is 0 Å². The van der Waals surface area contributed by atoms with E-state index < -0.39 is 0 Å². The Bertz CT molecular complexity index is 426. The number of methoxy groups -OCH3 is 1. The molecule has 1 saturated heterocycles. The number of epoxide rings is 1. The number of rotatable bonds is 3. The quantitative estimate of drug-likeness (QED) is 0.725. The van der Waals surface area contributed by atoms with Crippen LogP contribution in [0.3, 0.4) is 0 Å². The molecule has 0 aliphatic carbocycles. The lowest BCUT2D eigenvalue weighted by Gasteiger charge is -2.03. The van der Waals surface area contributed by atoms with E-state index in [0.29, 0.717) is 0 Å². The highest BCUT2D eigenvalue weighted by molar-refractivity contribution is 6.01. The van der Waals surface area contributed by atoms with Crippen molar-refractivity contribution >= 4 is 5.71 Å². The van der Waals surface area contributed by atoms with Crippen LogP contribution in [0, 0.1) is 0 Å². The molecule has 0 saturated carbocycles. The Balaban J connectivity index is 1.76. The summed E-state index contributed by atoms with van der Waals surface area (Å²) >= 11 is 0.